The van der Waals surface area contributed by atoms with Crippen molar-refractivity contribution in [3.05, 3.63) is 77.4 Å². The number of hydrogen-bond acceptors (Lipinski definition) is 1. The normalized spacial score (nSPS) is 12.7. The summed E-state index contributed by atoms with van der Waals surface area (Å²) < 4.78 is 0. The van der Waals surface area contributed by atoms with Crippen LogP contribution in [0.3, 0.4) is 0 Å². The second-order valence-electron chi connectivity index (χ2n) is 15.3. The van der Waals surface area contributed by atoms with Crippen LogP contribution in [-0.4, -0.2) is 27.2 Å². The number of benzene rings is 4. The Hall–Kier alpha value is -3.58. The molecular weight excluding hydrogens is 605 g/mol. The van der Waals surface area contributed by atoms with Gasteiger partial charge in [0.1, 0.15) is 16.1 Å². The third-order valence-electron chi connectivity index (χ3n) is 10.9. The number of hydrogen-bond donors (Lipinski definition) is 1. The third kappa shape index (κ3) is 6.87. The fourth-order valence-corrected chi connectivity index (χ4v) is 19.1. The van der Waals surface area contributed by atoms with Crippen LogP contribution in [-0.2, 0) is 4.79 Å². The van der Waals surface area contributed by atoms with Crippen LogP contribution in [0.25, 0.3) is 38.4 Å². The lowest BCUT2D eigenvalue weighted by molar-refractivity contribution is -0.131. The first kappa shape index (κ1) is 36.3. The first-order chi connectivity index (χ1) is 22.1. The molecule has 0 unspecified atom stereocenters. The van der Waals surface area contributed by atoms with Gasteiger partial charge in [0.25, 0.3) is 0 Å². The Morgan fingerprint density at radius 1 is 0.596 bits per heavy atom. The second-order valence-corrected chi connectivity index (χ2v) is 26.5. The molecule has 0 aliphatic heterocycles. The average molecular weight is 659 g/mol. The second kappa shape index (κ2) is 14.3. The van der Waals surface area contributed by atoms with Gasteiger partial charge in [0.05, 0.1) is 0 Å². The Morgan fingerprint density at radius 3 is 1.47 bits per heavy atom. The minimum Gasteiger partial charge on any atom is -0.478 e. The van der Waals surface area contributed by atoms with E-state index >= 15 is 0 Å². The highest BCUT2D eigenvalue weighted by Crippen LogP contribution is 2.43. The lowest BCUT2D eigenvalue weighted by Gasteiger charge is -2.38. The van der Waals surface area contributed by atoms with Gasteiger partial charge in [-0.2, -0.15) is 0 Å². The van der Waals surface area contributed by atoms with E-state index in [1.54, 1.807) is 6.08 Å². The summed E-state index contributed by atoms with van der Waals surface area (Å²) in [4.78, 5) is 12.0. The number of aliphatic carboxylic acids is 1. The molecule has 246 valence electrons. The molecule has 0 radical (unpaired) electrons. The molecule has 1 N–H and O–H groups in total. The number of fused-ring (bicyclic) bond motifs is 3. The van der Waals surface area contributed by atoms with Gasteiger partial charge in [-0.25, -0.2) is 4.79 Å². The minimum atomic E-state index is -2.10. The van der Waals surface area contributed by atoms with Crippen molar-refractivity contribution in [3.63, 3.8) is 0 Å². The van der Waals surface area contributed by atoms with Crippen molar-refractivity contribution in [2.45, 2.75) is 116 Å². The maximum atomic E-state index is 12.0. The highest BCUT2D eigenvalue weighted by Gasteiger charge is 2.42. The van der Waals surface area contributed by atoms with Crippen LogP contribution in [0, 0.1) is 22.9 Å². The van der Waals surface area contributed by atoms with E-state index in [9.17, 15) is 9.90 Å². The van der Waals surface area contributed by atoms with E-state index in [0.29, 0.717) is 33.2 Å². The van der Waals surface area contributed by atoms with E-state index in [4.69, 9.17) is 0 Å². The van der Waals surface area contributed by atoms with Crippen molar-refractivity contribution in [2.24, 2.45) is 0 Å². The van der Waals surface area contributed by atoms with E-state index in [1.807, 2.05) is 0 Å². The van der Waals surface area contributed by atoms with Crippen LogP contribution in [0.2, 0.25) is 33.2 Å². The van der Waals surface area contributed by atoms with Crippen molar-refractivity contribution in [3.8, 4) is 22.9 Å². The van der Waals surface area contributed by atoms with Crippen LogP contribution >= 0.6 is 0 Å². The predicted molar refractivity (Wildman–Crippen MR) is 211 cm³/mol. The van der Waals surface area contributed by atoms with Gasteiger partial charge >= 0.3 is 5.97 Å². The van der Waals surface area contributed by atoms with Crippen molar-refractivity contribution >= 4 is 60.5 Å². The number of carboxylic acid groups (broad SMARTS) is 1. The molecule has 0 spiro atoms. The summed E-state index contributed by atoms with van der Waals surface area (Å²) in [6.07, 6.45) is 3.00. The monoisotopic (exact) mass is 658 g/mol. The topological polar surface area (TPSA) is 37.3 Å². The summed E-state index contributed by atoms with van der Waals surface area (Å²) in [7, 11) is -4.16. The summed E-state index contributed by atoms with van der Waals surface area (Å²) in [5.74, 6) is 6.52. The number of carboxylic acids is 1. The van der Waals surface area contributed by atoms with Gasteiger partial charge in [-0.1, -0.05) is 119 Å². The zero-order valence-corrected chi connectivity index (χ0v) is 32.7. The molecule has 0 amide bonds. The molecule has 4 aromatic carbocycles. The Kier molecular flexibility index (Phi) is 11.0. The Bertz CT molecular complexity index is 1910. The van der Waals surface area contributed by atoms with Gasteiger partial charge in [0.2, 0.25) is 0 Å². The molecule has 0 atom stereocenters. The molecule has 4 aromatic rings. The minimum absolute atomic E-state index is 0.476. The van der Waals surface area contributed by atoms with E-state index in [1.165, 1.54) is 22.2 Å². The van der Waals surface area contributed by atoms with Gasteiger partial charge in [0, 0.05) is 22.8 Å². The smallest absolute Gasteiger partial charge is 0.328 e. The zero-order chi connectivity index (χ0) is 34.8. The van der Waals surface area contributed by atoms with Crippen molar-refractivity contribution in [2.75, 3.05) is 0 Å². The largest absolute Gasteiger partial charge is 0.478 e. The average Bonchev–Trinajstić information content (AvgIpc) is 2.97. The van der Waals surface area contributed by atoms with Gasteiger partial charge in [-0.3, -0.25) is 0 Å². The molecule has 0 bridgehead atoms. The van der Waals surface area contributed by atoms with E-state index in [0.717, 1.165) is 32.8 Å². The van der Waals surface area contributed by atoms with Crippen molar-refractivity contribution in [1.29, 1.82) is 0 Å². The molecule has 4 rings (SSSR count). The van der Waals surface area contributed by atoms with Crippen LogP contribution < -0.4 is 0 Å². The van der Waals surface area contributed by atoms with Crippen molar-refractivity contribution < 1.29 is 9.90 Å². The standard InChI is InChI=1S/C43H54O2Si2/c1-28(2)46(29(3)4,30(5)6)21-19-36-25-39-26-37-23-34-15-13-14-16-35(34)24-38(37)27-42(39)41(40(36)17-18-43(44)45)20-22-47(31(7)8,32(9)10)33(11)12/h13-18,23-33H,1-12H3,(H,44,45)/b18-17+. The molecule has 0 saturated heterocycles. The quantitative estimate of drug-likeness (QED) is 0.0885. The third-order valence-corrected chi connectivity index (χ3v) is 23.5. The van der Waals surface area contributed by atoms with Gasteiger partial charge in [0.15, 0.2) is 0 Å². The van der Waals surface area contributed by atoms with Crippen LogP contribution in [0.15, 0.2) is 60.7 Å². The molecule has 0 saturated carbocycles. The van der Waals surface area contributed by atoms with Crippen LogP contribution in [0.1, 0.15) is 99.8 Å². The van der Waals surface area contributed by atoms with E-state index < -0.39 is 22.1 Å². The maximum Gasteiger partial charge on any atom is 0.328 e. The SMILES string of the molecule is CC(C)[Si](C#Cc1cc2cc3cc4ccccc4cc3cc2c(C#C[Si](C(C)C)(C(C)C)C(C)C)c1/C=C/C(=O)O)(C(C)C)C(C)C. The summed E-state index contributed by atoms with van der Waals surface area (Å²) in [5, 5.41) is 16.7. The number of carbonyl (C=O) groups is 1. The van der Waals surface area contributed by atoms with Crippen LogP contribution in [0.5, 0.6) is 0 Å². The lowest BCUT2D eigenvalue weighted by atomic mass is 9.91. The molecule has 0 heterocycles. The molecule has 4 heteroatoms. The predicted octanol–water partition coefficient (Wildman–Crippen LogP) is 12.4. The maximum absolute atomic E-state index is 12.0. The molecule has 2 nitrogen and oxygen atoms in total. The molecule has 0 aromatic heterocycles. The highest BCUT2D eigenvalue weighted by molar-refractivity contribution is 6.91. The van der Waals surface area contributed by atoms with Gasteiger partial charge in [-0.05, 0) is 102 Å². The van der Waals surface area contributed by atoms with E-state index in [2.05, 4.69) is 161 Å². The molecule has 0 aliphatic carbocycles. The summed E-state index contributed by atoms with van der Waals surface area (Å²) in [6.45, 7) is 28.0. The lowest BCUT2D eigenvalue weighted by Crippen LogP contribution is -2.43. The first-order valence-corrected chi connectivity index (χ1v) is 21.9. The fourth-order valence-electron chi connectivity index (χ4n) is 8.64. The molecule has 47 heavy (non-hydrogen) atoms. The Morgan fingerprint density at radius 2 is 1.02 bits per heavy atom. The summed E-state index contributed by atoms with van der Waals surface area (Å²) >= 11 is 0. The number of rotatable bonds is 8. The molecule has 0 fully saturated rings. The fraction of sp³-hybridized carbons (Fsp3) is 0.419. The Balaban J connectivity index is 2.23. The van der Waals surface area contributed by atoms with Crippen molar-refractivity contribution in [1.82, 2.24) is 0 Å². The van der Waals surface area contributed by atoms with E-state index in [-0.39, 0.29) is 0 Å². The Labute approximate surface area is 286 Å². The van der Waals surface area contributed by atoms with Gasteiger partial charge < -0.3 is 5.11 Å². The molecule has 0 aliphatic rings. The summed E-state index contributed by atoms with van der Waals surface area (Å²) in [6, 6.07) is 19.7. The summed E-state index contributed by atoms with van der Waals surface area (Å²) in [5.41, 5.74) is 13.4. The van der Waals surface area contributed by atoms with Crippen LogP contribution in [0.4, 0.5) is 0 Å². The highest BCUT2D eigenvalue weighted by atomic mass is 28.3. The van der Waals surface area contributed by atoms with Gasteiger partial charge in [-0.15, -0.1) is 11.1 Å². The zero-order valence-electron chi connectivity index (χ0n) is 30.7. The first-order valence-electron chi connectivity index (χ1n) is 17.5. The molecular formula is C43H54O2Si2.